The Hall–Kier alpha value is -0.670. The first-order valence-electron chi connectivity index (χ1n) is 6.65. The molecule has 1 aromatic rings. The van der Waals surface area contributed by atoms with E-state index in [0.717, 1.165) is 19.4 Å². The zero-order valence-electron chi connectivity index (χ0n) is 11.8. The molecule has 1 aromatic carbocycles. The van der Waals surface area contributed by atoms with Crippen LogP contribution in [0.25, 0.3) is 0 Å². The topological polar surface area (TPSA) is 20.3 Å². The fourth-order valence-corrected chi connectivity index (χ4v) is 3.87. The third kappa shape index (κ3) is 2.83. The van der Waals surface area contributed by atoms with E-state index in [4.69, 9.17) is 0 Å². The lowest BCUT2D eigenvalue weighted by Gasteiger charge is -2.30. The second kappa shape index (κ2) is 5.14. The van der Waals surface area contributed by atoms with E-state index in [1.807, 2.05) is 20.8 Å². The molecule has 1 aliphatic rings. The highest BCUT2D eigenvalue weighted by Crippen LogP contribution is 2.35. The van der Waals surface area contributed by atoms with Gasteiger partial charge in [-0.05, 0) is 46.1 Å². The Kier molecular flexibility index (Phi) is 3.93. The Morgan fingerprint density at radius 1 is 1.22 bits per heavy atom. The molecular weight excluding hydrogens is 242 g/mol. The largest absolute Gasteiger partial charge is 0.242 e. The minimum absolute atomic E-state index is 0.173. The van der Waals surface area contributed by atoms with Crippen molar-refractivity contribution >= 4 is 11.0 Å². The van der Waals surface area contributed by atoms with Gasteiger partial charge in [0.25, 0.3) is 0 Å². The summed E-state index contributed by atoms with van der Waals surface area (Å²) in [7, 11) is -0.915. The lowest BCUT2D eigenvalue weighted by molar-refractivity contribution is 0.416. The summed E-state index contributed by atoms with van der Waals surface area (Å²) < 4.78 is 14.6. The van der Waals surface area contributed by atoms with E-state index in [9.17, 15) is 4.21 Å². The Labute approximate surface area is 113 Å². The molecule has 2 rings (SSSR count). The highest BCUT2D eigenvalue weighted by Gasteiger charge is 2.35. The van der Waals surface area contributed by atoms with Crippen molar-refractivity contribution in [3.05, 3.63) is 35.4 Å². The van der Waals surface area contributed by atoms with Crippen molar-refractivity contribution in [2.24, 2.45) is 0 Å². The minimum atomic E-state index is -0.915. The number of nitrogens with zero attached hydrogens (tertiary/aromatic N) is 1. The quantitative estimate of drug-likeness (QED) is 0.800. The van der Waals surface area contributed by atoms with Crippen LogP contribution >= 0.6 is 0 Å². The molecule has 2 atom stereocenters. The van der Waals surface area contributed by atoms with Crippen molar-refractivity contribution in [1.29, 1.82) is 0 Å². The summed E-state index contributed by atoms with van der Waals surface area (Å²) in [6.07, 6.45) is 2.26. The Morgan fingerprint density at radius 2 is 1.83 bits per heavy atom. The number of rotatable bonds is 2. The zero-order valence-corrected chi connectivity index (χ0v) is 12.6. The average Bonchev–Trinajstić information content (AvgIpc) is 2.76. The maximum atomic E-state index is 12.6. The zero-order chi connectivity index (χ0) is 13.3. The van der Waals surface area contributed by atoms with E-state index in [0.29, 0.717) is 6.04 Å². The van der Waals surface area contributed by atoms with Crippen LogP contribution in [0.1, 0.15) is 50.8 Å². The average molecular weight is 265 g/mol. The van der Waals surface area contributed by atoms with Crippen LogP contribution in [0, 0.1) is 6.92 Å². The highest BCUT2D eigenvalue weighted by atomic mass is 32.2. The molecule has 1 fully saturated rings. The number of benzene rings is 1. The van der Waals surface area contributed by atoms with E-state index in [2.05, 4.69) is 35.5 Å². The van der Waals surface area contributed by atoms with E-state index in [-0.39, 0.29) is 4.75 Å². The van der Waals surface area contributed by atoms with Gasteiger partial charge in [0.1, 0.15) is 11.0 Å². The van der Waals surface area contributed by atoms with Crippen LogP contribution in [0.15, 0.2) is 24.3 Å². The van der Waals surface area contributed by atoms with Crippen LogP contribution in [0.4, 0.5) is 0 Å². The number of hydrogen-bond donors (Lipinski definition) is 0. The van der Waals surface area contributed by atoms with Gasteiger partial charge in [-0.2, -0.15) is 0 Å². The fourth-order valence-electron chi connectivity index (χ4n) is 2.41. The van der Waals surface area contributed by atoms with Crippen LogP contribution in [-0.2, 0) is 11.0 Å². The SMILES string of the molecule is Cc1ccc([C@@H]2CCCN2S(=O)C(C)(C)C)cc1. The summed E-state index contributed by atoms with van der Waals surface area (Å²) >= 11 is 0. The first-order valence-corrected chi connectivity index (χ1v) is 7.75. The Morgan fingerprint density at radius 3 is 2.39 bits per heavy atom. The van der Waals surface area contributed by atoms with Crippen molar-refractivity contribution in [2.75, 3.05) is 6.54 Å². The maximum absolute atomic E-state index is 12.6. The first kappa shape index (κ1) is 13.8. The van der Waals surface area contributed by atoms with E-state index < -0.39 is 11.0 Å². The van der Waals surface area contributed by atoms with Gasteiger partial charge in [0, 0.05) is 12.6 Å². The van der Waals surface area contributed by atoms with Crippen molar-refractivity contribution in [1.82, 2.24) is 4.31 Å². The molecule has 0 radical (unpaired) electrons. The molecule has 0 saturated carbocycles. The summed E-state index contributed by atoms with van der Waals surface area (Å²) in [5, 5.41) is 0. The molecule has 1 saturated heterocycles. The molecule has 18 heavy (non-hydrogen) atoms. The van der Waals surface area contributed by atoms with Crippen LogP contribution < -0.4 is 0 Å². The molecule has 3 heteroatoms. The molecule has 1 aliphatic heterocycles. The van der Waals surface area contributed by atoms with Crippen molar-refractivity contribution in [3.8, 4) is 0 Å². The second-order valence-corrected chi connectivity index (χ2v) is 8.26. The predicted octanol–water partition coefficient (Wildman–Crippen LogP) is 3.59. The minimum Gasteiger partial charge on any atom is -0.242 e. The molecule has 1 heterocycles. The Bertz CT molecular complexity index is 433. The lowest BCUT2D eigenvalue weighted by Crippen LogP contribution is -2.37. The molecule has 2 nitrogen and oxygen atoms in total. The van der Waals surface area contributed by atoms with Crippen LogP contribution in [0.3, 0.4) is 0 Å². The van der Waals surface area contributed by atoms with Gasteiger partial charge < -0.3 is 0 Å². The monoisotopic (exact) mass is 265 g/mol. The van der Waals surface area contributed by atoms with Gasteiger partial charge in [-0.1, -0.05) is 29.8 Å². The van der Waals surface area contributed by atoms with Crippen LogP contribution in [0.5, 0.6) is 0 Å². The molecular formula is C15H23NOS. The summed E-state index contributed by atoms with van der Waals surface area (Å²) in [4.78, 5) is 0. The molecule has 0 amide bonds. The standard InChI is InChI=1S/C15H23NOS/c1-12-7-9-13(10-8-12)14-6-5-11-16(14)18(17)15(2,3)4/h7-10,14H,5-6,11H2,1-4H3/t14-,18?/m0/s1. The molecule has 100 valence electrons. The van der Waals surface area contributed by atoms with Gasteiger partial charge >= 0.3 is 0 Å². The third-order valence-corrected chi connectivity index (χ3v) is 5.31. The molecule has 0 aliphatic carbocycles. The number of aryl methyl sites for hydroxylation is 1. The maximum Gasteiger partial charge on any atom is 0.100 e. The Balaban J connectivity index is 2.22. The predicted molar refractivity (Wildman–Crippen MR) is 77.8 cm³/mol. The lowest BCUT2D eigenvalue weighted by atomic mass is 10.0. The van der Waals surface area contributed by atoms with Crippen molar-refractivity contribution in [2.45, 2.75) is 51.3 Å². The van der Waals surface area contributed by atoms with Gasteiger partial charge in [-0.25, -0.2) is 8.51 Å². The number of hydrogen-bond acceptors (Lipinski definition) is 1. The van der Waals surface area contributed by atoms with Crippen molar-refractivity contribution in [3.63, 3.8) is 0 Å². The normalized spacial score (nSPS) is 23.2. The van der Waals surface area contributed by atoms with Gasteiger partial charge in [0.05, 0.1) is 4.75 Å². The van der Waals surface area contributed by atoms with Crippen LogP contribution in [-0.4, -0.2) is 19.8 Å². The van der Waals surface area contributed by atoms with E-state index >= 15 is 0 Å². The molecule has 0 spiro atoms. The third-order valence-electron chi connectivity index (χ3n) is 3.40. The molecule has 1 unspecified atom stereocenters. The summed E-state index contributed by atoms with van der Waals surface area (Å²) in [6, 6.07) is 8.97. The fraction of sp³-hybridized carbons (Fsp3) is 0.600. The summed E-state index contributed by atoms with van der Waals surface area (Å²) in [6.45, 7) is 9.20. The second-order valence-electron chi connectivity index (χ2n) is 6.07. The van der Waals surface area contributed by atoms with Crippen LogP contribution in [0.2, 0.25) is 0 Å². The van der Waals surface area contributed by atoms with Gasteiger partial charge in [-0.15, -0.1) is 0 Å². The molecule has 0 bridgehead atoms. The van der Waals surface area contributed by atoms with Gasteiger partial charge in [0.15, 0.2) is 0 Å². The summed E-state index contributed by atoms with van der Waals surface area (Å²) in [5.74, 6) is 0. The van der Waals surface area contributed by atoms with Crippen molar-refractivity contribution < 1.29 is 4.21 Å². The smallest absolute Gasteiger partial charge is 0.100 e. The highest BCUT2D eigenvalue weighted by molar-refractivity contribution is 7.84. The van der Waals surface area contributed by atoms with Gasteiger partial charge in [-0.3, -0.25) is 0 Å². The van der Waals surface area contributed by atoms with E-state index in [1.165, 1.54) is 11.1 Å². The molecule has 0 aromatic heterocycles. The molecule has 0 N–H and O–H groups in total. The summed E-state index contributed by atoms with van der Waals surface area (Å²) in [5.41, 5.74) is 2.58. The first-order chi connectivity index (χ1) is 8.39. The van der Waals surface area contributed by atoms with Gasteiger partial charge in [0.2, 0.25) is 0 Å². The van der Waals surface area contributed by atoms with E-state index in [1.54, 1.807) is 0 Å².